The van der Waals surface area contributed by atoms with Crippen LogP contribution in [0, 0.1) is 6.92 Å². The van der Waals surface area contributed by atoms with Gasteiger partial charge in [0.2, 0.25) is 0 Å². The molecule has 0 bridgehead atoms. The molecule has 1 N–H and O–H groups in total. The number of rotatable bonds is 3. The number of anilines is 1. The third kappa shape index (κ3) is 2.73. The SMILES string of the molecule is Cc1ccc(NCc2cnc3ccccc3n2)cc1Cl. The summed E-state index contributed by atoms with van der Waals surface area (Å²) in [5, 5.41) is 4.07. The zero-order chi connectivity index (χ0) is 13.9. The Kier molecular flexibility index (Phi) is 3.52. The van der Waals surface area contributed by atoms with Crippen LogP contribution in [0.25, 0.3) is 11.0 Å². The first-order valence-corrected chi connectivity index (χ1v) is 6.81. The lowest BCUT2D eigenvalue weighted by Gasteiger charge is -2.08. The molecule has 0 saturated heterocycles. The van der Waals surface area contributed by atoms with Crippen molar-refractivity contribution in [2.24, 2.45) is 0 Å². The number of halogens is 1. The average Bonchev–Trinajstić information content (AvgIpc) is 2.48. The van der Waals surface area contributed by atoms with Gasteiger partial charge in [0.15, 0.2) is 0 Å². The molecule has 3 nitrogen and oxygen atoms in total. The van der Waals surface area contributed by atoms with E-state index in [4.69, 9.17) is 11.6 Å². The van der Waals surface area contributed by atoms with Crippen molar-refractivity contribution in [2.75, 3.05) is 5.32 Å². The van der Waals surface area contributed by atoms with Gasteiger partial charge in [-0.3, -0.25) is 4.98 Å². The molecule has 0 aliphatic rings. The van der Waals surface area contributed by atoms with Gasteiger partial charge in [-0.1, -0.05) is 29.8 Å². The zero-order valence-electron chi connectivity index (χ0n) is 11.1. The molecule has 3 aromatic rings. The Morgan fingerprint density at radius 3 is 2.70 bits per heavy atom. The van der Waals surface area contributed by atoms with E-state index in [-0.39, 0.29) is 0 Å². The maximum Gasteiger partial charge on any atom is 0.0890 e. The Morgan fingerprint density at radius 1 is 1.10 bits per heavy atom. The lowest BCUT2D eigenvalue weighted by molar-refractivity contribution is 1.04. The Morgan fingerprint density at radius 2 is 1.90 bits per heavy atom. The standard InChI is InChI=1S/C16H14ClN3/c1-11-6-7-12(8-14(11)17)18-9-13-10-19-15-4-2-3-5-16(15)20-13/h2-8,10,18H,9H2,1H3. The largest absolute Gasteiger partial charge is 0.379 e. The van der Waals surface area contributed by atoms with Crippen LogP contribution in [-0.4, -0.2) is 9.97 Å². The van der Waals surface area contributed by atoms with E-state index < -0.39 is 0 Å². The fourth-order valence-corrected chi connectivity index (χ4v) is 2.16. The van der Waals surface area contributed by atoms with Gasteiger partial charge in [0.1, 0.15) is 0 Å². The van der Waals surface area contributed by atoms with Crippen LogP contribution in [0.3, 0.4) is 0 Å². The van der Waals surface area contributed by atoms with Crippen LogP contribution in [0.15, 0.2) is 48.7 Å². The molecule has 0 atom stereocenters. The maximum atomic E-state index is 6.11. The number of benzene rings is 2. The number of hydrogen-bond donors (Lipinski definition) is 1. The van der Waals surface area contributed by atoms with Gasteiger partial charge in [-0.2, -0.15) is 0 Å². The van der Waals surface area contributed by atoms with Gasteiger partial charge in [0, 0.05) is 10.7 Å². The number of aryl methyl sites for hydroxylation is 1. The predicted octanol–water partition coefficient (Wildman–Crippen LogP) is 4.20. The fraction of sp³-hybridized carbons (Fsp3) is 0.125. The van der Waals surface area contributed by atoms with Crippen molar-refractivity contribution in [2.45, 2.75) is 13.5 Å². The lowest BCUT2D eigenvalue weighted by atomic mass is 10.2. The molecular weight excluding hydrogens is 270 g/mol. The van der Waals surface area contributed by atoms with Gasteiger partial charge in [-0.15, -0.1) is 0 Å². The Hall–Kier alpha value is -2.13. The van der Waals surface area contributed by atoms with Gasteiger partial charge >= 0.3 is 0 Å². The molecule has 0 fully saturated rings. The minimum Gasteiger partial charge on any atom is -0.379 e. The van der Waals surface area contributed by atoms with Crippen molar-refractivity contribution in [3.63, 3.8) is 0 Å². The van der Waals surface area contributed by atoms with Crippen molar-refractivity contribution in [1.82, 2.24) is 9.97 Å². The van der Waals surface area contributed by atoms with Crippen LogP contribution >= 0.6 is 11.6 Å². The minimum atomic E-state index is 0.622. The smallest absolute Gasteiger partial charge is 0.0890 e. The molecule has 0 unspecified atom stereocenters. The summed E-state index contributed by atoms with van der Waals surface area (Å²) in [7, 11) is 0. The molecule has 1 heterocycles. The second-order valence-electron chi connectivity index (χ2n) is 4.67. The molecule has 0 radical (unpaired) electrons. The first-order valence-electron chi connectivity index (χ1n) is 6.43. The maximum absolute atomic E-state index is 6.11. The van der Waals surface area contributed by atoms with E-state index in [1.807, 2.05) is 49.4 Å². The molecule has 0 saturated carbocycles. The van der Waals surface area contributed by atoms with Crippen LogP contribution in [-0.2, 0) is 6.54 Å². The second-order valence-corrected chi connectivity index (χ2v) is 5.07. The number of fused-ring (bicyclic) bond motifs is 1. The van der Waals surface area contributed by atoms with E-state index in [9.17, 15) is 0 Å². The normalized spacial score (nSPS) is 10.7. The second kappa shape index (κ2) is 5.47. The van der Waals surface area contributed by atoms with E-state index in [1.165, 1.54) is 0 Å². The number of hydrogen-bond acceptors (Lipinski definition) is 3. The van der Waals surface area contributed by atoms with Gasteiger partial charge < -0.3 is 5.32 Å². The molecule has 1 aromatic heterocycles. The Labute approximate surface area is 122 Å². The monoisotopic (exact) mass is 283 g/mol. The summed E-state index contributed by atoms with van der Waals surface area (Å²) in [4.78, 5) is 8.97. The summed E-state index contributed by atoms with van der Waals surface area (Å²) in [6, 6.07) is 13.8. The Balaban J connectivity index is 1.77. The van der Waals surface area contributed by atoms with Crippen molar-refractivity contribution in [3.8, 4) is 0 Å². The minimum absolute atomic E-state index is 0.622. The third-order valence-corrected chi connectivity index (χ3v) is 3.55. The van der Waals surface area contributed by atoms with Crippen molar-refractivity contribution < 1.29 is 0 Å². The summed E-state index contributed by atoms with van der Waals surface area (Å²) in [6.07, 6.45) is 1.80. The van der Waals surface area contributed by atoms with E-state index in [0.29, 0.717) is 6.54 Å². The molecule has 100 valence electrons. The van der Waals surface area contributed by atoms with Crippen LogP contribution in [0.5, 0.6) is 0 Å². The first kappa shape index (κ1) is 12.9. The van der Waals surface area contributed by atoms with Gasteiger partial charge in [-0.05, 0) is 36.8 Å². The first-order chi connectivity index (χ1) is 9.72. The molecule has 0 aliphatic heterocycles. The van der Waals surface area contributed by atoms with Crippen molar-refractivity contribution >= 4 is 28.3 Å². The summed E-state index contributed by atoms with van der Waals surface area (Å²) >= 11 is 6.11. The summed E-state index contributed by atoms with van der Waals surface area (Å²) in [5.74, 6) is 0. The van der Waals surface area contributed by atoms with Gasteiger partial charge in [0.25, 0.3) is 0 Å². The number of para-hydroxylation sites is 2. The topological polar surface area (TPSA) is 37.8 Å². The highest BCUT2D eigenvalue weighted by molar-refractivity contribution is 6.31. The fourth-order valence-electron chi connectivity index (χ4n) is 1.98. The van der Waals surface area contributed by atoms with E-state index in [1.54, 1.807) is 6.20 Å². The van der Waals surface area contributed by atoms with Gasteiger partial charge in [-0.25, -0.2) is 4.98 Å². The number of aromatic nitrogens is 2. The highest BCUT2D eigenvalue weighted by Gasteiger charge is 2.01. The molecule has 0 spiro atoms. The van der Waals surface area contributed by atoms with E-state index in [2.05, 4.69) is 15.3 Å². The predicted molar refractivity (Wildman–Crippen MR) is 83.1 cm³/mol. The number of nitrogens with zero attached hydrogens (tertiary/aromatic N) is 2. The molecular formula is C16H14ClN3. The summed E-state index contributed by atoms with van der Waals surface area (Å²) in [5.41, 5.74) is 4.78. The molecule has 0 amide bonds. The van der Waals surface area contributed by atoms with E-state index >= 15 is 0 Å². The van der Waals surface area contributed by atoms with Crippen molar-refractivity contribution in [3.05, 3.63) is 64.9 Å². The molecule has 3 rings (SSSR count). The molecule has 4 heteroatoms. The van der Waals surface area contributed by atoms with Gasteiger partial charge in [0.05, 0.1) is 29.5 Å². The molecule has 2 aromatic carbocycles. The molecule has 0 aliphatic carbocycles. The quantitative estimate of drug-likeness (QED) is 0.783. The lowest BCUT2D eigenvalue weighted by Crippen LogP contribution is -2.02. The summed E-state index contributed by atoms with van der Waals surface area (Å²) < 4.78 is 0. The summed E-state index contributed by atoms with van der Waals surface area (Å²) in [6.45, 7) is 2.61. The molecule has 20 heavy (non-hydrogen) atoms. The Bertz CT molecular complexity index is 756. The third-order valence-electron chi connectivity index (χ3n) is 3.14. The van der Waals surface area contributed by atoms with E-state index in [0.717, 1.165) is 33.0 Å². The van der Waals surface area contributed by atoms with Crippen LogP contribution < -0.4 is 5.32 Å². The van der Waals surface area contributed by atoms with Crippen molar-refractivity contribution in [1.29, 1.82) is 0 Å². The average molecular weight is 284 g/mol. The van der Waals surface area contributed by atoms with Crippen LogP contribution in [0.1, 0.15) is 11.3 Å². The highest BCUT2D eigenvalue weighted by Crippen LogP contribution is 2.20. The van der Waals surface area contributed by atoms with Crippen LogP contribution in [0.2, 0.25) is 5.02 Å². The highest BCUT2D eigenvalue weighted by atomic mass is 35.5. The zero-order valence-corrected chi connectivity index (χ0v) is 11.9. The number of nitrogens with one attached hydrogen (secondary N) is 1. The van der Waals surface area contributed by atoms with Crippen LogP contribution in [0.4, 0.5) is 5.69 Å².